The predicted octanol–water partition coefficient (Wildman–Crippen LogP) is 3.64. The van der Waals surface area contributed by atoms with E-state index in [4.69, 9.17) is 17.1 Å². The predicted molar refractivity (Wildman–Crippen MR) is 71.1 cm³/mol. The highest BCUT2D eigenvalue weighted by atomic mass is 32.1. The summed E-state index contributed by atoms with van der Waals surface area (Å²) in [5, 5.41) is 0.579. The van der Waals surface area contributed by atoms with Crippen molar-refractivity contribution in [1.82, 2.24) is 5.48 Å². The molecule has 0 saturated carbocycles. The SMILES string of the molecule is CC(NOC(=S)C(C)(C)C)c1ccccc1. The zero-order chi connectivity index (χ0) is 12.2. The number of hydrogen-bond donors (Lipinski definition) is 1. The van der Waals surface area contributed by atoms with Crippen molar-refractivity contribution in [1.29, 1.82) is 0 Å². The summed E-state index contributed by atoms with van der Waals surface area (Å²) in [7, 11) is 0. The first kappa shape index (κ1) is 13.1. The summed E-state index contributed by atoms with van der Waals surface area (Å²) in [6, 6.07) is 10.3. The Morgan fingerprint density at radius 3 is 2.31 bits per heavy atom. The zero-order valence-corrected chi connectivity index (χ0v) is 11.1. The van der Waals surface area contributed by atoms with E-state index in [2.05, 4.69) is 17.6 Å². The van der Waals surface area contributed by atoms with E-state index in [1.807, 2.05) is 45.9 Å². The molecule has 0 bridgehead atoms. The fourth-order valence-electron chi connectivity index (χ4n) is 1.10. The Hall–Kier alpha value is -0.930. The average molecular weight is 237 g/mol. The summed E-state index contributed by atoms with van der Waals surface area (Å²) in [6.07, 6.45) is 0. The van der Waals surface area contributed by atoms with Gasteiger partial charge in [-0.15, -0.1) is 5.48 Å². The fraction of sp³-hybridized carbons (Fsp3) is 0.462. The lowest BCUT2D eigenvalue weighted by atomic mass is 9.99. The third kappa shape index (κ3) is 3.91. The second-order valence-corrected chi connectivity index (χ2v) is 5.26. The lowest BCUT2D eigenvalue weighted by Crippen LogP contribution is -2.29. The molecule has 88 valence electrons. The van der Waals surface area contributed by atoms with Crippen molar-refractivity contribution >= 4 is 17.3 Å². The van der Waals surface area contributed by atoms with Gasteiger partial charge in [0.05, 0.1) is 6.04 Å². The van der Waals surface area contributed by atoms with E-state index in [0.717, 1.165) is 0 Å². The van der Waals surface area contributed by atoms with Crippen LogP contribution in [0, 0.1) is 5.41 Å². The molecule has 0 aliphatic rings. The van der Waals surface area contributed by atoms with Crippen molar-refractivity contribution in [3.8, 4) is 0 Å². The number of nitrogens with one attached hydrogen (secondary N) is 1. The van der Waals surface area contributed by atoms with Gasteiger partial charge in [0, 0.05) is 5.41 Å². The van der Waals surface area contributed by atoms with Crippen molar-refractivity contribution in [2.45, 2.75) is 33.7 Å². The minimum Gasteiger partial charge on any atom is -0.400 e. The molecule has 0 aliphatic carbocycles. The van der Waals surface area contributed by atoms with Crippen LogP contribution in [-0.2, 0) is 4.84 Å². The third-order valence-electron chi connectivity index (χ3n) is 2.24. The van der Waals surface area contributed by atoms with Gasteiger partial charge < -0.3 is 4.84 Å². The highest BCUT2D eigenvalue weighted by Gasteiger charge is 2.19. The second-order valence-electron chi connectivity index (χ2n) is 4.89. The average Bonchev–Trinajstić information content (AvgIpc) is 2.25. The van der Waals surface area contributed by atoms with E-state index < -0.39 is 0 Å². The molecule has 0 fully saturated rings. The largest absolute Gasteiger partial charge is 0.400 e. The van der Waals surface area contributed by atoms with Gasteiger partial charge >= 0.3 is 0 Å². The number of rotatable bonds is 3. The van der Waals surface area contributed by atoms with Gasteiger partial charge in [0.1, 0.15) is 0 Å². The Bertz CT molecular complexity index is 343. The van der Waals surface area contributed by atoms with Crippen LogP contribution in [0.2, 0.25) is 0 Å². The molecule has 1 aromatic rings. The van der Waals surface area contributed by atoms with Crippen LogP contribution >= 0.6 is 12.2 Å². The van der Waals surface area contributed by atoms with Gasteiger partial charge in [-0.05, 0) is 24.7 Å². The summed E-state index contributed by atoms with van der Waals surface area (Å²) >= 11 is 5.17. The van der Waals surface area contributed by atoms with Crippen LogP contribution in [-0.4, -0.2) is 5.05 Å². The lowest BCUT2D eigenvalue weighted by molar-refractivity contribution is 0.134. The second kappa shape index (κ2) is 5.41. The van der Waals surface area contributed by atoms with Gasteiger partial charge in [-0.3, -0.25) is 0 Å². The highest BCUT2D eigenvalue weighted by Crippen LogP contribution is 2.18. The van der Waals surface area contributed by atoms with E-state index in [9.17, 15) is 0 Å². The zero-order valence-electron chi connectivity index (χ0n) is 10.3. The maximum Gasteiger partial charge on any atom is 0.192 e. The first-order chi connectivity index (χ1) is 7.41. The number of benzene rings is 1. The maximum atomic E-state index is 5.40. The van der Waals surface area contributed by atoms with E-state index in [0.29, 0.717) is 5.05 Å². The molecule has 1 rings (SSSR count). The molecule has 1 unspecified atom stereocenters. The molecule has 1 atom stereocenters. The molecular formula is C13H19NOS. The molecule has 0 amide bonds. The van der Waals surface area contributed by atoms with E-state index in [1.54, 1.807) is 0 Å². The molecule has 0 spiro atoms. The van der Waals surface area contributed by atoms with Gasteiger partial charge in [-0.2, -0.15) is 0 Å². The Morgan fingerprint density at radius 1 is 1.25 bits per heavy atom. The minimum atomic E-state index is -0.112. The van der Waals surface area contributed by atoms with E-state index in [1.165, 1.54) is 5.56 Å². The van der Waals surface area contributed by atoms with Crippen LogP contribution in [0.5, 0.6) is 0 Å². The summed E-state index contributed by atoms with van der Waals surface area (Å²) in [5.41, 5.74) is 4.03. The normalized spacial score (nSPS) is 13.2. The third-order valence-corrected chi connectivity index (χ3v) is 2.94. The summed E-state index contributed by atoms with van der Waals surface area (Å²) in [4.78, 5) is 5.40. The van der Waals surface area contributed by atoms with Gasteiger partial charge in [0.25, 0.3) is 0 Å². The number of hydrogen-bond acceptors (Lipinski definition) is 3. The molecular weight excluding hydrogens is 218 g/mol. The lowest BCUT2D eigenvalue weighted by Gasteiger charge is -2.22. The quantitative estimate of drug-likeness (QED) is 0.640. The molecule has 0 heterocycles. The fourth-order valence-corrected chi connectivity index (χ4v) is 1.15. The first-order valence-corrected chi connectivity index (χ1v) is 5.84. The van der Waals surface area contributed by atoms with E-state index in [-0.39, 0.29) is 11.5 Å². The van der Waals surface area contributed by atoms with Crippen LogP contribution in [0.25, 0.3) is 0 Å². The van der Waals surface area contributed by atoms with E-state index >= 15 is 0 Å². The Kier molecular flexibility index (Phi) is 4.44. The molecule has 0 aliphatic heterocycles. The molecule has 2 nitrogen and oxygen atoms in total. The summed E-state index contributed by atoms with van der Waals surface area (Å²) < 4.78 is 0. The van der Waals surface area contributed by atoms with Gasteiger partial charge in [0.15, 0.2) is 5.05 Å². The Balaban J connectivity index is 2.48. The van der Waals surface area contributed by atoms with Crippen LogP contribution in [0.4, 0.5) is 0 Å². The smallest absolute Gasteiger partial charge is 0.192 e. The molecule has 1 N–H and O–H groups in total. The maximum absolute atomic E-state index is 5.40. The van der Waals surface area contributed by atoms with Crippen LogP contribution < -0.4 is 5.48 Å². The van der Waals surface area contributed by atoms with Crippen LogP contribution in [0.1, 0.15) is 39.3 Å². The molecule has 16 heavy (non-hydrogen) atoms. The van der Waals surface area contributed by atoms with Gasteiger partial charge in [-0.1, -0.05) is 51.1 Å². The monoisotopic (exact) mass is 237 g/mol. The van der Waals surface area contributed by atoms with Crippen molar-refractivity contribution in [2.75, 3.05) is 0 Å². The molecule has 3 heteroatoms. The van der Waals surface area contributed by atoms with Crippen molar-refractivity contribution in [3.05, 3.63) is 35.9 Å². The molecule has 0 saturated heterocycles. The number of hydroxylamine groups is 1. The Morgan fingerprint density at radius 2 is 1.81 bits per heavy atom. The van der Waals surface area contributed by atoms with Crippen LogP contribution in [0.15, 0.2) is 30.3 Å². The Labute approximate surface area is 103 Å². The first-order valence-electron chi connectivity index (χ1n) is 5.43. The van der Waals surface area contributed by atoms with Gasteiger partial charge in [-0.25, -0.2) is 0 Å². The number of thiocarbonyl (C=S) groups is 1. The van der Waals surface area contributed by atoms with Crippen molar-refractivity contribution < 1.29 is 4.84 Å². The topological polar surface area (TPSA) is 21.3 Å². The molecule has 0 radical (unpaired) electrons. The minimum absolute atomic E-state index is 0.112. The summed E-state index contributed by atoms with van der Waals surface area (Å²) in [6.45, 7) is 8.14. The van der Waals surface area contributed by atoms with Crippen LogP contribution in [0.3, 0.4) is 0 Å². The standard InChI is InChI=1S/C13H19NOS/c1-10(11-8-6-5-7-9-11)14-15-12(16)13(2,3)4/h5-10,14H,1-4H3. The van der Waals surface area contributed by atoms with Crippen molar-refractivity contribution in [2.24, 2.45) is 5.41 Å². The highest BCUT2D eigenvalue weighted by molar-refractivity contribution is 7.80. The summed E-state index contributed by atoms with van der Waals surface area (Å²) in [5.74, 6) is 0. The molecule has 1 aromatic carbocycles. The van der Waals surface area contributed by atoms with Crippen molar-refractivity contribution in [3.63, 3.8) is 0 Å². The van der Waals surface area contributed by atoms with Gasteiger partial charge in [0.2, 0.25) is 0 Å². The molecule has 0 aromatic heterocycles.